The molecule has 0 bridgehead atoms. The van der Waals surface area contributed by atoms with Crippen molar-refractivity contribution >= 4 is 28.7 Å². The molecule has 0 amide bonds. The fraction of sp³-hybridized carbons (Fsp3) is 0.344. The van der Waals surface area contributed by atoms with Crippen molar-refractivity contribution in [3.8, 4) is 5.75 Å². The van der Waals surface area contributed by atoms with Crippen LogP contribution >= 0.6 is 11.6 Å². The normalized spacial score (nSPS) is 17.5. The van der Waals surface area contributed by atoms with Crippen LogP contribution in [-0.2, 0) is 6.42 Å². The summed E-state index contributed by atoms with van der Waals surface area (Å²) in [5, 5.41) is 10.3. The molecule has 2 aliphatic rings. The van der Waals surface area contributed by atoms with Crippen LogP contribution in [0, 0.1) is 0 Å². The van der Waals surface area contributed by atoms with E-state index >= 15 is 0 Å². The highest BCUT2D eigenvalue weighted by Crippen LogP contribution is 2.42. The van der Waals surface area contributed by atoms with E-state index in [2.05, 4.69) is 23.1 Å². The van der Waals surface area contributed by atoms with Crippen LogP contribution in [0.15, 0.2) is 66.7 Å². The molecule has 5 rings (SSSR count). The van der Waals surface area contributed by atoms with Crippen LogP contribution in [-0.4, -0.2) is 48.4 Å². The van der Waals surface area contributed by atoms with Crippen LogP contribution in [0.4, 0.5) is 4.39 Å². The molecular formula is C32H35ClFNO3. The zero-order valence-electron chi connectivity index (χ0n) is 20.8. The summed E-state index contributed by atoms with van der Waals surface area (Å²) >= 11 is 6.66. The van der Waals surface area contributed by atoms with E-state index in [9.17, 15) is 14.3 Å². The van der Waals surface area contributed by atoms with Crippen molar-refractivity contribution in [1.29, 1.82) is 0 Å². The summed E-state index contributed by atoms with van der Waals surface area (Å²) in [6.07, 6.45) is 4.16. The molecule has 0 aromatic heterocycles. The summed E-state index contributed by atoms with van der Waals surface area (Å²) in [5.74, 6) is -0.100. The van der Waals surface area contributed by atoms with Crippen molar-refractivity contribution in [2.75, 3.05) is 26.3 Å². The lowest BCUT2D eigenvalue weighted by Gasteiger charge is -2.19. The zero-order chi connectivity index (χ0) is 25.8. The van der Waals surface area contributed by atoms with E-state index in [0.29, 0.717) is 17.0 Å². The molecule has 1 heterocycles. The summed E-state index contributed by atoms with van der Waals surface area (Å²) in [5.41, 5.74) is 6.70. The van der Waals surface area contributed by atoms with E-state index in [1.807, 2.05) is 36.4 Å². The second kappa shape index (κ2) is 12.6. The highest BCUT2D eigenvalue weighted by Gasteiger charge is 2.25. The molecule has 3 aromatic carbocycles. The standard InChI is InChI=1S/C31H31ClFNO3.CH4/c32-29-8-2-1-6-27(29)28-7-3-5-22-19-23(31(35)36)11-14-26(22)30(28)21-9-12-24(13-10-21)37-25-15-18-34(20-25)17-4-16-33;/h1-2,6,8-14,19,25H,3-5,7,15-18,20H2,(H,35,36);1H4/t25-;/m0./s1. The van der Waals surface area contributed by atoms with Gasteiger partial charge in [-0.1, -0.05) is 55.4 Å². The first-order valence-corrected chi connectivity index (χ1v) is 13.3. The third-order valence-electron chi connectivity index (χ3n) is 7.28. The van der Waals surface area contributed by atoms with Crippen LogP contribution in [0.2, 0.25) is 5.02 Å². The smallest absolute Gasteiger partial charge is 0.335 e. The maximum atomic E-state index is 12.5. The number of carboxylic acids is 1. The van der Waals surface area contributed by atoms with Crippen molar-refractivity contribution < 1.29 is 19.0 Å². The Balaban J connectivity index is 0.00000336. The van der Waals surface area contributed by atoms with Crippen LogP contribution in [0.5, 0.6) is 5.75 Å². The number of ether oxygens (including phenoxy) is 1. The fourth-order valence-corrected chi connectivity index (χ4v) is 5.75. The number of hydrogen-bond acceptors (Lipinski definition) is 3. The van der Waals surface area contributed by atoms with Crippen molar-refractivity contribution in [2.45, 2.75) is 45.6 Å². The molecule has 1 N–H and O–H groups in total. The number of fused-ring (bicyclic) bond motifs is 1. The maximum absolute atomic E-state index is 12.5. The summed E-state index contributed by atoms with van der Waals surface area (Å²) in [7, 11) is 0. The highest BCUT2D eigenvalue weighted by molar-refractivity contribution is 6.32. The van der Waals surface area contributed by atoms with Gasteiger partial charge in [-0.2, -0.15) is 0 Å². The molecule has 200 valence electrons. The topological polar surface area (TPSA) is 49.8 Å². The predicted molar refractivity (Wildman–Crippen MR) is 153 cm³/mol. The molecule has 0 unspecified atom stereocenters. The van der Waals surface area contributed by atoms with E-state index in [-0.39, 0.29) is 20.2 Å². The number of rotatable bonds is 8. The average molecular weight is 536 g/mol. The number of nitrogens with zero attached hydrogens (tertiary/aromatic N) is 1. The Labute approximate surface area is 229 Å². The molecule has 0 radical (unpaired) electrons. The SMILES string of the molecule is C.O=C(O)c1ccc2c(c1)CCCC(c1ccccc1Cl)=C2c1ccc(O[C@H]2CCN(CCCF)C2)cc1. The Kier molecular flexibility index (Phi) is 9.24. The number of likely N-dealkylation sites (tertiary alicyclic amines) is 1. The van der Waals surface area contributed by atoms with Gasteiger partial charge in [0.05, 0.1) is 12.2 Å². The summed E-state index contributed by atoms with van der Waals surface area (Å²) in [6, 6.07) is 21.5. The lowest BCUT2D eigenvalue weighted by molar-refractivity contribution is 0.0696. The predicted octanol–water partition coefficient (Wildman–Crippen LogP) is 7.78. The third-order valence-corrected chi connectivity index (χ3v) is 7.61. The van der Waals surface area contributed by atoms with Crippen LogP contribution < -0.4 is 4.74 Å². The van der Waals surface area contributed by atoms with Gasteiger partial charge in [0.25, 0.3) is 0 Å². The summed E-state index contributed by atoms with van der Waals surface area (Å²) < 4.78 is 18.8. The molecule has 1 fully saturated rings. The molecule has 1 aliphatic carbocycles. The minimum absolute atomic E-state index is 0. The number of benzene rings is 3. The first kappa shape index (κ1) is 27.9. The Bertz CT molecular complexity index is 1300. The lowest BCUT2D eigenvalue weighted by atomic mass is 9.87. The van der Waals surface area contributed by atoms with Gasteiger partial charge in [-0.05, 0) is 95.8 Å². The Morgan fingerprint density at radius 2 is 1.84 bits per heavy atom. The van der Waals surface area contributed by atoms with Gasteiger partial charge >= 0.3 is 5.97 Å². The maximum Gasteiger partial charge on any atom is 0.335 e. The van der Waals surface area contributed by atoms with Gasteiger partial charge in [0, 0.05) is 24.7 Å². The fourth-order valence-electron chi connectivity index (χ4n) is 5.50. The van der Waals surface area contributed by atoms with E-state index in [1.54, 1.807) is 12.1 Å². The van der Waals surface area contributed by atoms with Gasteiger partial charge in [0.2, 0.25) is 0 Å². The molecule has 1 aliphatic heterocycles. The lowest BCUT2D eigenvalue weighted by Crippen LogP contribution is -2.26. The number of aromatic carboxylic acids is 1. The Morgan fingerprint density at radius 3 is 2.58 bits per heavy atom. The molecule has 4 nitrogen and oxygen atoms in total. The molecule has 0 spiro atoms. The number of carbonyl (C=O) groups is 1. The minimum atomic E-state index is -0.916. The first-order valence-electron chi connectivity index (χ1n) is 12.9. The zero-order valence-corrected chi connectivity index (χ0v) is 21.5. The first-order chi connectivity index (χ1) is 18.0. The van der Waals surface area contributed by atoms with Crippen LogP contribution in [0.25, 0.3) is 11.1 Å². The molecule has 6 heteroatoms. The molecule has 3 aromatic rings. The largest absolute Gasteiger partial charge is 0.489 e. The molecule has 0 saturated carbocycles. The van der Waals surface area contributed by atoms with Gasteiger partial charge < -0.3 is 9.84 Å². The van der Waals surface area contributed by atoms with Gasteiger partial charge in [0.15, 0.2) is 0 Å². The average Bonchev–Trinajstić information content (AvgIpc) is 3.26. The van der Waals surface area contributed by atoms with Gasteiger partial charge in [-0.15, -0.1) is 0 Å². The molecular weight excluding hydrogens is 501 g/mol. The van der Waals surface area contributed by atoms with Gasteiger partial charge in [-0.25, -0.2) is 4.79 Å². The van der Waals surface area contributed by atoms with Crippen LogP contribution in [0.1, 0.15) is 65.7 Å². The van der Waals surface area contributed by atoms with Crippen molar-refractivity contribution in [3.05, 3.63) is 99.6 Å². The molecule has 38 heavy (non-hydrogen) atoms. The van der Waals surface area contributed by atoms with Crippen LogP contribution in [0.3, 0.4) is 0 Å². The molecule has 1 saturated heterocycles. The van der Waals surface area contributed by atoms with Crippen molar-refractivity contribution in [3.63, 3.8) is 0 Å². The number of hydrogen-bond donors (Lipinski definition) is 1. The number of halogens is 2. The number of aryl methyl sites for hydroxylation is 1. The van der Waals surface area contributed by atoms with Gasteiger partial charge in [0.1, 0.15) is 11.9 Å². The van der Waals surface area contributed by atoms with E-state index in [1.165, 1.54) is 5.57 Å². The van der Waals surface area contributed by atoms with E-state index < -0.39 is 5.97 Å². The minimum Gasteiger partial charge on any atom is -0.489 e. The Morgan fingerprint density at radius 1 is 1.05 bits per heavy atom. The summed E-state index contributed by atoms with van der Waals surface area (Å²) in [4.78, 5) is 13.9. The molecule has 1 atom stereocenters. The number of allylic oxidation sites excluding steroid dienone is 1. The van der Waals surface area contributed by atoms with Crippen molar-refractivity contribution in [1.82, 2.24) is 4.90 Å². The van der Waals surface area contributed by atoms with Crippen molar-refractivity contribution in [2.24, 2.45) is 0 Å². The third kappa shape index (κ3) is 6.11. The second-order valence-corrected chi connectivity index (χ2v) is 10.2. The highest BCUT2D eigenvalue weighted by atomic mass is 35.5. The van der Waals surface area contributed by atoms with E-state index in [4.69, 9.17) is 16.3 Å². The number of carboxylic acid groups (broad SMARTS) is 1. The second-order valence-electron chi connectivity index (χ2n) is 9.76. The quantitative estimate of drug-likeness (QED) is 0.320. The monoisotopic (exact) mass is 535 g/mol. The Hall–Kier alpha value is -3.15. The van der Waals surface area contributed by atoms with E-state index in [0.717, 1.165) is 78.9 Å². The number of alkyl halides is 1. The van der Waals surface area contributed by atoms with Gasteiger partial charge in [-0.3, -0.25) is 9.29 Å². The summed E-state index contributed by atoms with van der Waals surface area (Å²) in [6.45, 7) is 2.25.